The maximum Gasteiger partial charge on any atom is 0.411 e. The van der Waals surface area contributed by atoms with Crippen LogP contribution in [-0.2, 0) is 17.7 Å². The third-order valence-corrected chi connectivity index (χ3v) is 7.80. The smallest absolute Gasteiger partial charge is 0.411 e. The van der Waals surface area contributed by atoms with E-state index in [9.17, 15) is 4.79 Å². The fraction of sp³-hybridized carbons (Fsp3) is 0.355. The first-order valence-corrected chi connectivity index (χ1v) is 14.4. The maximum atomic E-state index is 12.6. The van der Waals surface area contributed by atoms with Crippen LogP contribution in [0.25, 0.3) is 16.4 Å². The molecule has 1 aliphatic rings. The molecular weight excluding hydrogens is 516 g/mol. The Bertz CT molecular complexity index is 1620. The molecular formula is C31H36N8O2. The van der Waals surface area contributed by atoms with Gasteiger partial charge in [0.2, 0.25) is 0 Å². The number of hydrogen-bond acceptors (Lipinski definition) is 7. The number of rotatable bonds is 10. The lowest BCUT2D eigenvalue weighted by Crippen LogP contribution is -2.27. The van der Waals surface area contributed by atoms with Crippen molar-refractivity contribution in [2.75, 3.05) is 30.3 Å². The zero-order chi connectivity index (χ0) is 28.0. The quantitative estimate of drug-likeness (QED) is 0.189. The zero-order valence-electron chi connectivity index (χ0n) is 23.3. The van der Waals surface area contributed by atoms with Crippen LogP contribution in [0.1, 0.15) is 43.7 Å². The van der Waals surface area contributed by atoms with Crippen LogP contribution in [-0.4, -0.2) is 50.2 Å². The van der Waals surface area contributed by atoms with Crippen molar-refractivity contribution in [3.63, 3.8) is 0 Å². The number of aryl methyl sites for hydroxylation is 1. The van der Waals surface area contributed by atoms with Crippen LogP contribution in [0, 0.1) is 5.92 Å². The Balaban J connectivity index is 1.14. The number of benzene rings is 2. The predicted molar refractivity (Wildman–Crippen MR) is 161 cm³/mol. The first kappa shape index (κ1) is 26.8. The zero-order valence-corrected chi connectivity index (χ0v) is 23.3. The fourth-order valence-electron chi connectivity index (χ4n) is 5.67. The highest BCUT2D eigenvalue weighted by molar-refractivity contribution is 5.91. The Morgan fingerprint density at radius 3 is 2.80 bits per heavy atom. The van der Waals surface area contributed by atoms with E-state index in [4.69, 9.17) is 4.74 Å². The lowest BCUT2D eigenvalue weighted by Gasteiger charge is -2.22. The molecule has 212 valence electrons. The summed E-state index contributed by atoms with van der Waals surface area (Å²) in [6.45, 7) is 5.35. The van der Waals surface area contributed by atoms with Crippen molar-refractivity contribution in [2.24, 2.45) is 5.92 Å². The Kier molecular flexibility index (Phi) is 8.09. The molecule has 0 radical (unpaired) electrons. The monoisotopic (exact) mass is 552 g/mol. The number of amides is 1. The Morgan fingerprint density at radius 2 is 1.98 bits per heavy atom. The van der Waals surface area contributed by atoms with Crippen molar-refractivity contribution in [3.8, 4) is 0 Å². The maximum absolute atomic E-state index is 12.6. The van der Waals surface area contributed by atoms with E-state index in [-0.39, 0.29) is 0 Å². The van der Waals surface area contributed by atoms with E-state index < -0.39 is 6.09 Å². The Morgan fingerprint density at radius 1 is 1.12 bits per heavy atom. The lowest BCUT2D eigenvalue weighted by molar-refractivity contribution is 0.155. The number of ether oxygens (including phenoxy) is 1. The molecule has 6 rings (SSSR count). The number of aromatic nitrogens is 5. The average Bonchev–Trinajstić information content (AvgIpc) is 3.57. The van der Waals surface area contributed by atoms with E-state index in [1.54, 1.807) is 4.52 Å². The Labute approximate surface area is 239 Å². The van der Waals surface area contributed by atoms with Gasteiger partial charge in [-0.25, -0.2) is 14.3 Å². The van der Waals surface area contributed by atoms with E-state index in [1.807, 2.05) is 41.3 Å². The summed E-state index contributed by atoms with van der Waals surface area (Å²) >= 11 is 0. The summed E-state index contributed by atoms with van der Waals surface area (Å²) in [6, 6.07) is 16.5. The molecule has 0 bridgehead atoms. The van der Waals surface area contributed by atoms with Crippen LogP contribution in [0.15, 0.2) is 67.3 Å². The summed E-state index contributed by atoms with van der Waals surface area (Å²) in [5.74, 6) is 1.39. The molecule has 4 heterocycles. The number of hydrogen-bond donors (Lipinski definition) is 3. The molecule has 0 atom stereocenters. The molecule has 1 amide bonds. The van der Waals surface area contributed by atoms with E-state index in [2.05, 4.69) is 62.3 Å². The molecule has 2 aromatic carbocycles. The van der Waals surface area contributed by atoms with E-state index in [0.717, 1.165) is 59.5 Å². The van der Waals surface area contributed by atoms with E-state index >= 15 is 0 Å². The highest BCUT2D eigenvalue weighted by Crippen LogP contribution is 2.30. The SMILES string of the molecule is CCc1c(NC(=O)OCCCC2CCNCC2)cn2ncnc(Nc3ccc4c(cnn4Cc4ccccc4)c3)c12. The van der Waals surface area contributed by atoms with Gasteiger partial charge in [-0.3, -0.25) is 10.00 Å². The third-order valence-electron chi connectivity index (χ3n) is 7.80. The lowest BCUT2D eigenvalue weighted by atomic mass is 9.93. The standard InChI is InChI=1S/C31H36N8O2/c1-2-26-27(37-31(40)41-16-6-9-22-12-14-32-15-13-22)20-39-29(26)30(33-21-35-39)36-25-10-11-28-24(17-25)18-34-38(28)19-23-7-4-3-5-8-23/h3-5,7-8,10-11,17-18,20-22,32H,2,6,9,12-16,19H2,1H3,(H,37,40)(H,33,35,36). The van der Waals surface area contributed by atoms with Gasteiger partial charge in [0.1, 0.15) is 11.8 Å². The molecule has 10 heteroatoms. The molecule has 3 N–H and O–H groups in total. The number of anilines is 3. The van der Waals surface area contributed by atoms with Crippen LogP contribution in [0.5, 0.6) is 0 Å². The van der Waals surface area contributed by atoms with Gasteiger partial charge in [-0.2, -0.15) is 10.2 Å². The molecule has 0 aliphatic carbocycles. The molecule has 0 unspecified atom stereocenters. The molecule has 0 spiro atoms. The average molecular weight is 553 g/mol. The van der Waals surface area contributed by atoms with Crippen LogP contribution < -0.4 is 16.0 Å². The molecule has 0 saturated carbocycles. The van der Waals surface area contributed by atoms with Gasteiger partial charge >= 0.3 is 6.09 Å². The van der Waals surface area contributed by atoms with Crippen LogP contribution >= 0.6 is 0 Å². The van der Waals surface area contributed by atoms with Crippen molar-refractivity contribution >= 4 is 39.7 Å². The summed E-state index contributed by atoms with van der Waals surface area (Å²) < 4.78 is 9.26. The number of nitrogens with zero attached hydrogens (tertiary/aromatic N) is 5. The topological polar surface area (TPSA) is 110 Å². The molecule has 1 fully saturated rings. The number of fused-ring (bicyclic) bond motifs is 2. The van der Waals surface area contributed by atoms with Crippen molar-refractivity contribution < 1.29 is 9.53 Å². The summed E-state index contributed by atoms with van der Waals surface area (Å²) in [5, 5.41) is 19.8. The van der Waals surface area contributed by atoms with Crippen LogP contribution in [0.3, 0.4) is 0 Å². The second-order valence-electron chi connectivity index (χ2n) is 10.6. The number of piperidine rings is 1. The second kappa shape index (κ2) is 12.4. The molecule has 10 nitrogen and oxygen atoms in total. The van der Waals surface area contributed by atoms with Crippen LogP contribution in [0.4, 0.5) is 22.0 Å². The predicted octanol–water partition coefficient (Wildman–Crippen LogP) is 5.76. The van der Waals surface area contributed by atoms with E-state index in [1.165, 1.54) is 24.7 Å². The first-order chi connectivity index (χ1) is 20.2. The number of carbonyl (C=O) groups excluding carboxylic acids is 1. The third kappa shape index (κ3) is 6.17. The van der Waals surface area contributed by atoms with Gasteiger partial charge in [0, 0.05) is 16.6 Å². The first-order valence-electron chi connectivity index (χ1n) is 14.4. The van der Waals surface area contributed by atoms with Crippen LogP contribution in [0.2, 0.25) is 0 Å². The van der Waals surface area contributed by atoms with Crippen molar-refractivity contribution in [2.45, 2.75) is 45.6 Å². The van der Waals surface area contributed by atoms with Gasteiger partial charge in [0.25, 0.3) is 0 Å². The minimum atomic E-state index is -0.443. The fourth-order valence-corrected chi connectivity index (χ4v) is 5.67. The molecule has 3 aromatic heterocycles. The highest BCUT2D eigenvalue weighted by Gasteiger charge is 2.18. The van der Waals surface area contributed by atoms with Gasteiger partial charge in [0.15, 0.2) is 5.82 Å². The molecule has 5 aromatic rings. The van der Waals surface area contributed by atoms with Gasteiger partial charge in [-0.15, -0.1) is 0 Å². The van der Waals surface area contributed by atoms with Crippen molar-refractivity contribution in [1.29, 1.82) is 0 Å². The van der Waals surface area contributed by atoms with Gasteiger partial charge in [0.05, 0.1) is 36.7 Å². The summed E-state index contributed by atoms with van der Waals surface area (Å²) in [4.78, 5) is 17.2. The normalized spacial score (nSPS) is 14.0. The minimum absolute atomic E-state index is 0.418. The van der Waals surface area contributed by atoms with Gasteiger partial charge < -0.3 is 15.4 Å². The highest BCUT2D eigenvalue weighted by atomic mass is 16.5. The van der Waals surface area contributed by atoms with Gasteiger partial charge in [-0.1, -0.05) is 37.3 Å². The summed E-state index contributed by atoms with van der Waals surface area (Å²) in [5.41, 5.74) is 5.59. The molecule has 1 saturated heterocycles. The second-order valence-corrected chi connectivity index (χ2v) is 10.6. The van der Waals surface area contributed by atoms with Crippen molar-refractivity contribution in [3.05, 3.63) is 78.4 Å². The Hall–Kier alpha value is -4.44. The number of carbonyl (C=O) groups is 1. The van der Waals surface area contributed by atoms with E-state index in [0.29, 0.717) is 31.1 Å². The number of nitrogens with one attached hydrogen (secondary N) is 3. The minimum Gasteiger partial charge on any atom is -0.449 e. The largest absolute Gasteiger partial charge is 0.449 e. The molecule has 1 aliphatic heterocycles. The van der Waals surface area contributed by atoms with Crippen molar-refractivity contribution in [1.82, 2.24) is 29.7 Å². The summed E-state index contributed by atoms with van der Waals surface area (Å²) in [7, 11) is 0. The van der Waals surface area contributed by atoms with Gasteiger partial charge in [-0.05, 0) is 74.9 Å². The summed E-state index contributed by atoms with van der Waals surface area (Å²) in [6.07, 6.45) is 9.83. The molecule has 41 heavy (non-hydrogen) atoms.